The maximum Gasteiger partial charge on any atom is 0.193 e. The standard InChI is InChI=1S/C21H36FN5/c1-4-23-21(25(3)18-19-9-8-10-20(22)17-19)24-11-6-7-12-27-15-13-26(5-2)14-16-27/h8-10,17H,4-7,11-16,18H2,1-3H3,(H,23,24). The molecule has 0 radical (unpaired) electrons. The summed E-state index contributed by atoms with van der Waals surface area (Å²) >= 11 is 0. The Morgan fingerprint density at radius 2 is 1.89 bits per heavy atom. The first kappa shape index (κ1) is 21.6. The van der Waals surface area contributed by atoms with Gasteiger partial charge in [0.1, 0.15) is 5.82 Å². The van der Waals surface area contributed by atoms with Crippen LogP contribution in [0.4, 0.5) is 4.39 Å². The lowest BCUT2D eigenvalue weighted by atomic mass is 10.2. The van der Waals surface area contributed by atoms with Gasteiger partial charge in [-0.15, -0.1) is 0 Å². The number of halogens is 1. The zero-order valence-corrected chi connectivity index (χ0v) is 17.3. The molecule has 0 aliphatic carbocycles. The first-order valence-electron chi connectivity index (χ1n) is 10.3. The van der Waals surface area contributed by atoms with Gasteiger partial charge in [0, 0.05) is 52.9 Å². The molecule has 0 spiro atoms. The molecule has 1 aromatic carbocycles. The fourth-order valence-electron chi connectivity index (χ4n) is 3.42. The van der Waals surface area contributed by atoms with Gasteiger partial charge in [0.25, 0.3) is 0 Å². The molecule has 6 heteroatoms. The molecule has 1 N–H and O–H groups in total. The van der Waals surface area contributed by atoms with E-state index in [1.807, 2.05) is 13.1 Å². The molecule has 27 heavy (non-hydrogen) atoms. The fourth-order valence-corrected chi connectivity index (χ4v) is 3.42. The van der Waals surface area contributed by atoms with Gasteiger partial charge in [0.15, 0.2) is 5.96 Å². The van der Waals surface area contributed by atoms with E-state index in [0.29, 0.717) is 6.54 Å². The number of hydrogen-bond donors (Lipinski definition) is 1. The molecule has 0 aromatic heterocycles. The third kappa shape index (κ3) is 7.85. The fraction of sp³-hybridized carbons (Fsp3) is 0.667. The molecule has 1 aliphatic rings. The highest BCUT2D eigenvalue weighted by atomic mass is 19.1. The Hall–Kier alpha value is -1.66. The lowest BCUT2D eigenvalue weighted by Crippen LogP contribution is -2.46. The van der Waals surface area contributed by atoms with E-state index in [9.17, 15) is 4.39 Å². The minimum atomic E-state index is -0.192. The Bertz CT molecular complexity index is 569. The van der Waals surface area contributed by atoms with Crippen LogP contribution in [-0.2, 0) is 6.54 Å². The predicted octanol–water partition coefficient (Wildman–Crippen LogP) is 2.64. The van der Waals surface area contributed by atoms with Crippen LogP contribution < -0.4 is 5.32 Å². The van der Waals surface area contributed by atoms with Crippen LogP contribution in [0.5, 0.6) is 0 Å². The molecule has 0 atom stereocenters. The maximum atomic E-state index is 13.4. The molecule has 1 aliphatic heterocycles. The molecule has 0 saturated carbocycles. The number of guanidine groups is 1. The Morgan fingerprint density at radius 3 is 2.56 bits per heavy atom. The highest BCUT2D eigenvalue weighted by Gasteiger charge is 2.14. The molecule has 0 bridgehead atoms. The van der Waals surface area contributed by atoms with Crippen LogP contribution in [-0.4, -0.2) is 80.1 Å². The molecule has 2 rings (SSSR count). The van der Waals surface area contributed by atoms with Crippen molar-refractivity contribution in [2.24, 2.45) is 4.99 Å². The molecule has 0 amide bonds. The summed E-state index contributed by atoms with van der Waals surface area (Å²) in [5.74, 6) is 0.695. The van der Waals surface area contributed by atoms with Crippen molar-refractivity contribution in [3.05, 3.63) is 35.6 Å². The summed E-state index contributed by atoms with van der Waals surface area (Å²) in [6.45, 7) is 13.7. The van der Waals surface area contributed by atoms with Crippen molar-refractivity contribution in [3.63, 3.8) is 0 Å². The van der Waals surface area contributed by atoms with Crippen LogP contribution in [0, 0.1) is 5.82 Å². The van der Waals surface area contributed by atoms with Crippen molar-refractivity contribution in [2.75, 3.05) is 59.4 Å². The van der Waals surface area contributed by atoms with E-state index in [1.165, 1.54) is 51.8 Å². The number of rotatable bonds is 9. The second-order valence-corrected chi connectivity index (χ2v) is 7.20. The largest absolute Gasteiger partial charge is 0.357 e. The third-order valence-electron chi connectivity index (χ3n) is 5.06. The van der Waals surface area contributed by atoms with Gasteiger partial charge in [-0.3, -0.25) is 4.99 Å². The number of likely N-dealkylation sites (N-methyl/N-ethyl adjacent to an activating group) is 1. The van der Waals surface area contributed by atoms with E-state index < -0.39 is 0 Å². The second-order valence-electron chi connectivity index (χ2n) is 7.20. The van der Waals surface area contributed by atoms with Gasteiger partial charge in [-0.1, -0.05) is 19.1 Å². The smallest absolute Gasteiger partial charge is 0.193 e. The summed E-state index contributed by atoms with van der Waals surface area (Å²) < 4.78 is 13.4. The first-order valence-corrected chi connectivity index (χ1v) is 10.3. The zero-order valence-electron chi connectivity index (χ0n) is 17.3. The summed E-state index contributed by atoms with van der Waals surface area (Å²) in [6, 6.07) is 6.76. The normalized spacial score (nSPS) is 16.5. The summed E-state index contributed by atoms with van der Waals surface area (Å²) in [4.78, 5) is 11.9. The molecule has 5 nitrogen and oxygen atoms in total. The van der Waals surface area contributed by atoms with E-state index in [2.05, 4.69) is 33.9 Å². The number of nitrogens with one attached hydrogen (secondary N) is 1. The molecule has 1 aromatic rings. The lowest BCUT2D eigenvalue weighted by Gasteiger charge is -2.33. The number of aliphatic imine (C=N–C) groups is 1. The van der Waals surface area contributed by atoms with E-state index in [0.717, 1.165) is 31.0 Å². The van der Waals surface area contributed by atoms with Crippen molar-refractivity contribution >= 4 is 5.96 Å². The van der Waals surface area contributed by atoms with Crippen molar-refractivity contribution in [1.29, 1.82) is 0 Å². The third-order valence-corrected chi connectivity index (χ3v) is 5.06. The number of unbranched alkanes of at least 4 members (excludes halogenated alkanes) is 1. The highest BCUT2D eigenvalue weighted by molar-refractivity contribution is 5.79. The molecule has 0 unspecified atom stereocenters. The quantitative estimate of drug-likeness (QED) is 0.408. The maximum absolute atomic E-state index is 13.4. The van der Waals surface area contributed by atoms with E-state index in [1.54, 1.807) is 12.1 Å². The summed E-state index contributed by atoms with van der Waals surface area (Å²) in [7, 11) is 2.00. The van der Waals surface area contributed by atoms with Crippen LogP contribution >= 0.6 is 0 Å². The van der Waals surface area contributed by atoms with Crippen LogP contribution in [0.3, 0.4) is 0 Å². The summed E-state index contributed by atoms with van der Waals surface area (Å²) in [6.07, 6.45) is 2.28. The van der Waals surface area contributed by atoms with Gasteiger partial charge in [0.2, 0.25) is 0 Å². The molecular weight excluding hydrogens is 341 g/mol. The van der Waals surface area contributed by atoms with Gasteiger partial charge in [-0.05, 0) is 50.6 Å². The first-order chi connectivity index (χ1) is 13.1. The molecule has 1 fully saturated rings. The van der Waals surface area contributed by atoms with Gasteiger partial charge in [-0.25, -0.2) is 4.39 Å². The van der Waals surface area contributed by atoms with Crippen LogP contribution in [0.25, 0.3) is 0 Å². The highest BCUT2D eigenvalue weighted by Crippen LogP contribution is 2.07. The second kappa shape index (κ2) is 11.9. The number of hydrogen-bond acceptors (Lipinski definition) is 3. The Balaban J connectivity index is 1.72. The minimum Gasteiger partial charge on any atom is -0.357 e. The van der Waals surface area contributed by atoms with E-state index >= 15 is 0 Å². The average molecular weight is 378 g/mol. The van der Waals surface area contributed by atoms with E-state index in [4.69, 9.17) is 4.99 Å². The van der Waals surface area contributed by atoms with Crippen molar-refractivity contribution in [2.45, 2.75) is 33.2 Å². The topological polar surface area (TPSA) is 34.1 Å². The summed E-state index contributed by atoms with van der Waals surface area (Å²) in [5.41, 5.74) is 0.953. The van der Waals surface area contributed by atoms with Gasteiger partial charge < -0.3 is 20.0 Å². The molecule has 152 valence electrons. The van der Waals surface area contributed by atoms with Crippen LogP contribution in [0.2, 0.25) is 0 Å². The van der Waals surface area contributed by atoms with Crippen molar-refractivity contribution < 1.29 is 4.39 Å². The van der Waals surface area contributed by atoms with Gasteiger partial charge in [0.05, 0.1) is 0 Å². The lowest BCUT2D eigenvalue weighted by molar-refractivity contribution is 0.136. The monoisotopic (exact) mass is 377 g/mol. The number of benzene rings is 1. The number of nitrogens with zero attached hydrogens (tertiary/aromatic N) is 4. The Kier molecular flexibility index (Phi) is 9.56. The van der Waals surface area contributed by atoms with E-state index in [-0.39, 0.29) is 5.82 Å². The predicted molar refractivity (Wildman–Crippen MR) is 112 cm³/mol. The van der Waals surface area contributed by atoms with Gasteiger partial charge >= 0.3 is 0 Å². The zero-order chi connectivity index (χ0) is 19.5. The Morgan fingerprint density at radius 1 is 1.15 bits per heavy atom. The average Bonchev–Trinajstić information content (AvgIpc) is 2.67. The molecule has 1 heterocycles. The van der Waals surface area contributed by atoms with Crippen LogP contribution in [0.1, 0.15) is 32.3 Å². The van der Waals surface area contributed by atoms with Crippen molar-refractivity contribution in [1.82, 2.24) is 20.0 Å². The van der Waals surface area contributed by atoms with Crippen LogP contribution in [0.15, 0.2) is 29.3 Å². The molecule has 1 saturated heterocycles. The SMILES string of the molecule is CCNC(=NCCCCN1CCN(CC)CC1)N(C)Cc1cccc(F)c1. The summed E-state index contributed by atoms with van der Waals surface area (Å²) in [5, 5.41) is 3.34. The van der Waals surface area contributed by atoms with Gasteiger partial charge in [-0.2, -0.15) is 0 Å². The Labute approximate surface area is 164 Å². The molecular formula is C21H36FN5. The van der Waals surface area contributed by atoms with Crippen molar-refractivity contribution in [3.8, 4) is 0 Å². The minimum absolute atomic E-state index is 0.192. The number of piperazine rings is 1.